The van der Waals surface area contributed by atoms with Crippen LogP contribution in [0.15, 0.2) is 91.0 Å². The van der Waals surface area contributed by atoms with Gasteiger partial charge in [-0.1, -0.05) is 91.0 Å². The molecule has 1 saturated heterocycles. The molecule has 1 aliphatic rings. The third kappa shape index (κ3) is 6.48. The van der Waals surface area contributed by atoms with E-state index >= 15 is 0 Å². The number of ether oxygens (including phenoxy) is 4. The molecule has 0 aliphatic carbocycles. The number of hydrogen-bond donors (Lipinski definition) is 2. The van der Waals surface area contributed by atoms with Crippen LogP contribution in [0.2, 0.25) is 0 Å². The summed E-state index contributed by atoms with van der Waals surface area (Å²) in [6, 6.07) is 29.6. The van der Waals surface area contributed by atoms with Crippen LogP contribution in [0.4, 0.5) is 0 Å². The van der Waals surface area contributed by atoms with Crippen LogP contribution in [0.1, 0.15) is 16.7 Å². The van der Waals surface area contributed by atoms with Crippen molar-refractivity contribution in [3.63, 3.8) is 0 Å². The third-order valence-electron chi connectivity index (χ3n) is 5.70. The summed E-state index contributed by atoms with van der Waals surface area (Å²) < 4.78 is 24.6. The number of rotatable bonds is 10. The van der Waals surface area contributed by atoms with Crippen LogP contribution in [0.5, 0.6) is 0 Å². The fraction of sp³-hybridized carbons (Fsp3) is 0.333. The molecule has 0 bridgehead atoms. The van der Waals surface area contributed by atoms with Crippen molar-refractivity contribution in [2.24, 2.45) is 5.73 Å². The van der Waals surface area contributed by atoms with Gasteiger partial charge in [-0.3, -0.25) is 0 Å². The quantitative estimate of drug-likeness (QED) is 0.494. The predicted molar refractivity (Wildman–Crippen MR) is 125 cm³/mol. The molecule has 4 rings (SSSR count). The van der Waals surface area contributed by atoms with E-state index in [0.717, 1.165) is 16.7 Å². The number of aliphatic hydroxyl groups is 1. The standard InChI is InChI=1S/C27H31NO5/c28-16-23-24(30-17-20-10-4-1-5-11-20)25(31-18-21-12-6-2-7-13-21)26(27(29)33-23)32-19-22-14-8-3-9-15-22/h1-15,23-27,29H,16-19,28H2/t23-,24-,25+,26-,27+/m1/s1. The average Bonchev–Trinajstić information content (AvgIpc) is 2.87. The second-order valence-electron chi connectivity index (χ2n) is 8.08. The van der Waals surface area contributed by atoms with E-state index in [-0.39, 0.29) is 6.54 Å². The van der Waals surface area contributed by atoms with Gasteiger partial charge < -0.3 is 29.8 Å². The zero-order valence-electron chi connectivity index (χ0n) is 18.5. The highest BCUT2D eigenvalue weighted by Gasteiger charge is 2.47. The van der Waals surface area contributed by atoms with Crippen LogP contribution in [-0.2, 0) is 38.8 Å². The molecule has 33 heavy (non-hydrogen) atoms. The topological polar surface area (TPSA) is 83.2 Å². The third-order valence-corrected chi connectivity index (χ3v) is 5.70. The molecule has 3 aromatic rings. The Balaban J connectivity index is 1.53. The van der Waals surface area contributed by atoms with Crippen LogP contribution in [0.25, 0.3) is 0 Å². The summed E-state index contributed by atoms with van der Waals surface area (Å²) >= 11 is 0. The molecule has 1 aliphatic heterocycles. The Morgan fingerprint density at radius 2 is 1.00 bits per heavy atom. The molecule has 0 amide bonds. The lowest BCUT2D eigenvalue weighted by atomic mass is 9.97. The molecule has 6 heteroatoms. The van der Waals surface area contributed by atoms with Gasteiger partial charge in [0.2, 0.25) is 0 Å². The monoisotopic (exact) mass is 449 g/mol. The maximum Gasteiger partial charge on any atom is 0.184 e. The van der Waals surface area contributed by atoms with Gasteiger partial charge in [0.1, 0.15) is 24.4 Å². The molecule has 3 N–H and O–H groups in total. The predicted octanol–water partition coefficient (Wildman–Crippen LogP) is 3.42. The van der Waals surface area contributed by atoms with Crippen LogP contribution >= 0.6 is 0 Å². The molecule has 0 spiro atoms. The first-order valence-electron chi connectivity index (χ1n) is 11.2. The second-order valence-corrected chi connectivity index (χ2v) is 8.08. The first-order valence-corrected chi connectivity index (χ1v) is 11.2. The highest BCUT2D eigenvalue weighted by Crippen LogP contribution is 2.29. The van der Waals surface area contributed by atoms with Crippen molar-refractivity contribution in [1.82, 2.24) is 0 Å². The Kier molecular flexibility index (Phi) is 8.60. The van der Waals surface area contributed by atoms with Crippen LogP contribution in [0.3, 0.4) is 0 Å². The van der Waals surface area contributed by atoms with E-state index in [1.54, 1.807) is 0 Å². The highest BCUT2D eigenvalue weighted by molar-refractivity contribution is 5.15. The van der Waals surface area contributed by atoms with Crippen LogP contribution in [0, 0.1) is 0 Å². The number of benzene rings is 3. The van der Waals surface area contributed by atoms with Gasteiger partial charge in [0, 0.05) is 6.54 Å². The van der Waals surface area contributed by atoms with Gasteiger partial charge >= 0.3 is 0 Å². The van der Waals surface area contributed by atoms with Crippen LogP contribution in [-0.4, -0.2) is 42.4 Å². The number of nitrogens with two attached hydrogens (primary N) is 1. The molecular formula is C27H31NO5. The Morgan fingerprint density at radius 3 is 1.42 bits per heavy atom. The van der Waals surface area contributed by atoms with E-state index in [2.05, 4.69) is 0 Å². The summed E-state index contributed by atoms with van der Waals surface area (Å²) in [6.07, 6.45) is -3.53. The normalized spacial score (nSPS) is 25.1. The highest BCUT2D eigenvalue weighted by atomic mass is 16.7. The Labute approximate surface area is 194 Å². The van der Waals surface area contributed by atoms with Crippen LogP contribution < -0.4 is 5.73 Å². The minimum absolute atomic E-state index is 0.188. The summed E-state index contributed by atoms with van der Waals surface area (Å²) in [5.74, 6) is 0. The van der Waals surface area contributed by atoms with Gasteiger partial charge in [-0.25, -0.2) is 0 Å². The van der Waals surface area contributed by atoms with E-state index in [9.17, 15) is 5.11 Å². The van der Waals surface area contributed by atoms with E-state index in [4.69, 9.17) is 24.7 Å². The molecule has 0 aromatic heterocycles. The van der Waals surface area contributed by atoms with E-state index in [1.165, 1.54) is 0 Å². The minimum Gasteiger partial charge on any atom is -0.368 e. The number of aliphatic hydroxyl groups excluding tert-OH is 1. The lowest BCUT2D eigenvalue weighted by Gasteiger charge is -2.44. The van der Waals surface area contributed by atoms with Crippen molar-refractivity contribution in [2.75, 3.05) is 6.54 Å². The lowest BCUT2D eigenvalue weighted by Crippen LogP contribution is -2.61. The van der Waals surface area contributed by atoms with Crippen molar-refractivity contribution in [1.29, 1.82) is 0 Å². The molecule has 174 valence electrons. The molecule has 0 radical (unpaired) electrons. The molecule has 5 atom stereocenters. The lowest BCUT2D eigenvalue weighted by molar-refractivity contribution is -0.309. The first-order chi connectivity index (χ1) is 16.2. The Morgan fingerprint density at radius 1 is 0.606 bits per heavy atom. The van der Waals surface area contributed by atoms with Gasteiger partial charge in [0.15, 0.2) is 6.29 Å². The maximum atomic E-state index is 10.8. The largest absolute Gasteiger partial charge is 0.368 e. The summed E-state index contributed by atoms with van der Waals surface area (Å²) in [5.41, 5.74) is 9.04. The minimum atomic E-state index is -1.18. The molecule has 6 nitrogen and oxygen atoms in total. The number of hydrogen-bond acceptors (Lipinski definition) is 6. The zero-order chi connectivity index (χ0) is 22.9. The Hall–Kier alpha value is -2.58. The van der Waals surface area contributed by atoms with Crippen molar-refractivity contribution < 1.29 is 24.1 Å². The first kappa shape index (κ1) is 23.6. The van der Waals surface area contributed by atoms with Crippen molar-refractivity contribution >= 4 is 0 Å². The average molecular weight is 450 g/mol. The molecule has 1 fully saturated rings. The van der Waals surface area contributed by atoms with E-state index < -0.39 is 30.7 Å². The summed E-state index contributed by atoms with van der Waals surface area (Å²) in [6.45, 7) is 1.23. The molecule has 1 heterocycles. The SMILES string of the molecule is NC[C@H]1O[C@H](O)[C@H](OCc2ccccc2)[C@@H](OCc2ccccc2)[C@@H]1OCc1ccccc1. The van der Waals surface area contributed by atoms with Crippen molar-refractivity contribution in [3.05, 3.63) is 108 Å². The Bertz CT molecular complexity index is 941. The fourth-order valence-corrected chi connectivity index (χ4v) is 3.95. The van der Waals surface area contributed by atoms with Gasteiger partial charge in [-0.05, 0) is 16.7 Å². The molecule has 0 saturated carbocycles. The molecular weight excluding hydrogens is 418 g/mol. The molecule has 3 aromatic carbocycles. The summed E-state index contributed by atoms with van der Waals surface area (Å²) in [5, 5.41) is 10.8. The smallest absolute Gasteiger partial charge is 0.184 e. The molecule has 0 unspecified atom stereocenters. The van der Waals surface area contributed by atoms with Crippen molar-refractivity contribution in [2.45, 2.75) is 50.5 Å². The van der Waals surface area contributed by atoms with Gasteiger partial charge in [-0.2, -0.15) is 0 Å². The van der Waals surface area contributed by atoms with E-state index in [0.29, 0.717) is 19.8 Å². The van der Waals surface area contributed by atoms with E-state index in [1.807, 2.05) is 91.0 Å². The van der Waals surface area contributed by atoms with Gasteiger partial charge in [0.05, 0.1) is 19.8 Å². The fourth-order valence-electron chi connectivity index (χ4n) is 3.95. The van der Waals surface area contributed by atoms with Crippen molar-refractivity contribution in [3.8, 4) is 0 Å². The van der Waals surface area contributed by atoms with Gasteiger partial charge in [-0.15, -0.1) is 0 Å². The maximum absolute atomic E-state index is 10.8. The van der Waals surface area contributed by atoms with Gasteiger partial charge in [0.25, 0.3) is 0 Å². The summed E-state index contributed by atoms with van der Waals surface area (Å²) in [7, 11) is 0. The second kappa shape index (κ2) is 12.0. The zero-order valence-corrected chi connectivity index (χ0v) is 18.5. The summed E-state index contributed by atoms with van der Waals surface area (Å²) in [4.78, 5) is 0.